The van der Waals surface area contributed by atoms with Crippen molar-refractivity contribution in [2.24, 2.45) is 5.41 Å². The fraction of sp³-hybridized carbons (Fsp3) is 0.857. The molecular formula is C14H26N2O5. The molecule has 0 aromatic rings. The third-order valence-electron chi connectivity index (χ3n) is 4.03. The Balaban J connectivity index is 2.38. The van der Waals surface area contributed by atoms with E-state index in [1.165, 1.54) is 0 Å². The molecule has 0 bridgehead atoms. The van der Waals surface area contributed by atoms with Crippen LogP contribution in [0.4, 0.5) is 4.79 Å². The highest BCUT2D eigenvalue weighted by atomic mass is 16.5. The van der Waals surface area contributed by atoms with Crippen LogP contribution >= 0.6 is 0 Å². The van der Waals surface area contributed by atoms with Crippen LogP contribution in [0.2, 0.25) is 0 Å². The zero-order valence-electron chi connectivity index (χ0n) is 12.8. The summed E-state index contributed by atoms with van der Waals surface area (Å²) < 4.78 is 10.1. The van der Waals surface area contributed by atoms with E-state index in [0.29, 0.717) is 26.0 Å². The summed E-state index contributed by atoms with van der Waals surface area (Å²) in [4.78, 5) is 23.2. The second-order valence-electron chi connectivity index (χ2n) is 5.52. The number of amides is 2. The minimum absolute atomic E-state index is 0.163. The number of carbonyl (C=O) groups is 2. The largest absolute Gasteiger partial charge is 0.481 e. The molecule has 0 saturated heterocycles. The van der Waals surface area contributed by atoms with Crippen molar-refractivity contribution >= 4 is 12.0 Å². The minimum atomic E-state index is -0.823. The minimum Gasteiger partial charge on any atom is -0.481 e. The monoisotopic (exact) mass is 302 g/mol. The molecule has 7 nitrogen and oxygen atoms in total. The molecule has 7 heteroatoms. The van der Waals surface area contributed by atoms with Crippen LogP contribution in [0, 0.1) is 5.41 Å². The van der Waals surface area contributed by atoms with E-state index in [2.05, 4.69) is 10.6 Å². The van der Waals surface area contributed by atoms with Crippen LogP contribution in [0.15, 0.2) is 0 Å². The summed E-state index contributed by atoms with van der Waals surface area (Å²) in [7, 11) is 3.11. The molecule has 122 valence electrons. The SMILES string of the molecule is COCC(CNC(=O)NCC1(C(=O)O)CCCCC1)OC. The number of nitrogens with one attached hydrogen (secondary N) is 2. The lowest BCUT2D eigenvalue weighted by atomic mass is 9.74. The van der Waals surface area contributed by atoms with Gasteiger partial charge in [-0.3, -0.25) is 4.79 Å². The van der Waals surface area contributed by atoms with Gasteiger partial charge in [-0.15, -0.1) is 0 Å². The summed E-state index contributed by atoms with van der Waals surface area (Å²) >= 11 is 0. The third-order valence-corrected chi connectivity index (χ3v) is 4.03. The maximum atomic E-state index is 11.8. The smallest absolute Gasteiger partial charge is 0.314 e. The van der Waals surface area contributed by atoms with E-state index >= 15 is 0 Å². The molecule has 1 rings (SSSR count). The second kappa shape index (κ2) is 8.84. The molecule has 3 N–H and O–H groups in total. The number of rotatable bonds is 8. The standard InChI is InChI=1S/C14H26N2O5/c1-20-9-11(21-2)8-15-13(19)16-10-14(12(17)18)6-4-3-5-7-14/h11H,3-10H2,1-2H3,(H,17,18)(H2,15,16,19). The lowest BCUT2D eigenvalue weighted by Crippen LogP contribution is -2.48. The maximum absolute atomic E-state index is 11.8. The van der Waals surface area contributed by atoms with Crippen molar-refractivity contribution < 1.29 is 24.2 Å². The fourth-order valence-electron chi connectivity index (χ4n) is 2.61. The molecule has 1 atom stereocenters. The average molecular weight is 302 g/mol. The van der Waals surface area contributed by atoms with E-state index in [-0.39, 0.29) is 18.7 Å². The fourth-order valence-corrected chi connectivity index (χ4v) is 2.61. The molecule has 1 aliphatic rings. The van der Waals surface area contributed by atoms with Crippen LogP contribution in [-0.4, -0.2) is 57.1 Å². The molecule has 0 aromatic heterocycles. The number of aliphatic carboxylic acids is 1. The molecule has 1 fully saturated rings. The maximum Gasteiger partial charge on any atom is 0.314 e. The molecular weight excluding hydrogens is 276 g/mol. The summed E-state index contributed by atoms with van der Waals surface area (Å²) in [5, 5.41) is 14.8. The quantitative estimate of drug-likeness (QED) is 0.621. The number of carboxylic acid groups (broad SMARTS) is 1. The van der Waals surface area contributed by atoms with E-state index in [4.69, 9.17) is 9.47 Å². The van der Waals surface area contributed by atoms with Gasteiger partial charge in [0.2, 0.25) is 0 Å². The predicted molar refractivity (Wildman–Crippen MR) is 77.2 cm³/mol. The lowest BCUT2D eigenvalue weighted by molar-refractivity contribution is -0.150. The van der Waals surface area contributed by atoms with Crippen molar-refractivity contribution in [3.8, 4) is 0 Å². The zero-order chi connectivity index (χ0) is 15.7. The molecule has 0 aromatic carbocycles. The molecule has 0 radical (unpaired) electrons. The van der Waals surface area contributed by atoms with Gasteiger partial charge in [-0.1, -0.05) is 19.3 Å². The topological polar surface area (TPSA) is 96.9 Å². The van der Waals surface area contributed by atoms with E-state index in [1.807, 2.05) is 0 Å². The number of hydrogen-bond donors (Lipinski definition) is 3. The Labute approximate surface area is 125 Å². The summed E-state index contributed by atoms with van der Waals surface area (Å²) in [6, 6.07) is -0.376. The summed E-state index contributed by atoms with van der Waals surface area (Å²) in [6.45, 7) is 0.863. The second-order valence-corrected chi connectivity index (χ2v) is 5.52. The van der Waals surface area contributed by atoms with Crippen molar-refractivity contribution in [1.82, 2.24) is 10.6 Å². The predicted octanol–water partition coefficient (Wildman–Crippen LogP) is 0.982. The summed E-state index contributed by atoms with van der Waals surface area (Å²) in [5.74, 6) is -0.823. The van der Waals surface area contributed by atoms with Gasteiger partial charge in [0.1, 0.15) is 0 Å². The number of carbonyl (C=O) groups excluding carboxylic acids is 1. The molecule has 21 heavy (non-hydrogen) atoms. The molecule has 0 aliphatic heterocycles. The number of hydrogen-bond acceptors (Lipinski definition) is 4. The average Bonchev–Trinajstić information content (AvgIpc) is 2.50. The molecule has 1 saturated carbocycles. The molecule has 0 spiro atoms. The molecule has 0 heterocycles. The van der Waals surface area contributed by atoms with Gasteiger partial charge in [0.25, 0.3) is 0 Å². The van der Waals surface area contributed by atoms with Crippen molar-refractivity contribution in [3.63, 3.8) is 0 Å². The van der Waals surface area contributed by atoms with E-state index in [9.17, 15) is 14.7 Å². The van der Waals surface area contributed by atoms with E-state index in [1.54, 1.807) is 14.2 Å². The number of methoxy groups -OCH3 is 2. The van der Waals surface area contributed by atoms with Crippen molar-refractivity contribution in [2.75, 3.05) is 33.9 Å². The van der Waals surface area contributed by atoms with Gasteiger partial charge in [-0.2, -0.15) is 0 Å². The van der Waals surface area contributed by atoms with Crippen LogP contribution in [0.1, 0.15) is 32.1 Å². The molecule has 1 aliphatic carbocycles. The normalized spacial score (nSPS) is 18.8. The highest BCUT2D eigenvalue weighted by molar-refractivity contribution is 5.78. The third kappa shape index (κ3) is 5.51. The van der Waals surface area contributed by atoms with Crippen LogP contribution in [-0.2, 0) is 14.3 Å². The number of ether oxygens (including phenoxy) is 2. The van der Waals surface area contributed by atoms with Crippen molar-refractivity contribution in [3.05, 3.63) is 0 Å². The first-order valence-electron chi connectivity index (χ1n) is 7.31. The first kappa shape index (κ1) is 17.7. The van der Waals surface area contributed by atoms with Crippen LogP contribution in [0.3, 0.4) is 0 Å². The van der Waals surface area contributed by atoms with Gasteiger partial charge < -0.3 is 25.2 Å². The highest BCUT2D eigenvalue weighted by Gasteiger charge is 2.39. The van der Waals surface area contributed by atoms with Gasteiger partial charge in [0.05, 0.1) is 18.1 Å². The zero-order valence-corrected chi connectivity index (χ0v) is 12.8. The van der Waals surface area contributed by atoms with Crippen LogP contribution in [0.25, 0.3) is 0 Å². The highest BCUT2D eigenvalue weighted by Crippen LogP contribution is 2.35. The summed E-state index contributed by atoms with van der Waals surface area (Å²) in [6.07, 6.45) is 3.88. The van der Waals surface area contributed by atoms with Crippen LogP contribution < -0.4 is 10.6 Å². The Morgan fingerprint density at radius 1 is 1.19 bits per heavy atom. The van der Waals surface area contributed by atoms with E-state index < -0.39 is 11.4 Å². The van der Waals surface area contributed by atoms with Crippen LogP contribution in [0.5, 0.6) is 0 Å². The number of carboxylic acids is 1. The van der Waals surface area contributed by atoms with Gasteiger partial charge in [-0.05, 0) is 12.8 Å². The van der Waals surface area contributed by atoms with Gasteiger partial charge >= 0.3 is 12.0 Å². The first-order chi connectivity index (χ1) is 10.0. The van der Waals surface area contributed by atoms with Crippen molar-refractivity contribution in [2.45, 2.75) is 38.2 Å². The Bertz CT molecular complexity index is 342. The summed E-state index contributed by atoms with van der Waals surface area (Å²) in [5.41, 5.74) is -0.817. The van der Waals surface area contributed by atoms with E-state index in [0.717, 1.165) is 19.3 Å². The first-order valence-corrected chi connectivity index (χ1v) is 7.31. The van der Waals surface area contributed by atoms with Gasteiger partial charge in [0, 0.05) is 27.3 Å². The van der Waals surface area contributed by atoms with Crippen molar-refractivity contribution in [1.29, 1.82) is 0 Å². The number of urea groups is 1. The van der Waals surface area contributed by atoms with Gasteiger partial charge in [-0.25, -0.2) is 4.79 Å². The Kier molecular flexibility index (Phi) is 7.45. The Morgan fingerprint density at radius 3 is 2.38 bits per heavy atom. The lowest BCUT2D eigenvalue weighted by Gasteiger charge is -2.33. The van der Waals surface area contributed by atoms with Gasteiger partial charge in [0.15, 0.2) is 0 Å². The Hall–Kier alpha value is -1.34. The Morgan fingerprint density at radius 2 is 1.86 bits per heavy atom. The molecule has 1 unspecified atom stereocenters. The molecule has 2 amide bonds.